The number of oxime groups is 1. The van der Waals surface area contributed by atoms with Crippen molar-refractivity contribution in [2.45, 2.75) is 46.2 Å². The molecule has 0 amide bonds. The van der Waals surface area contributed by atoms with E-state index in [0.717, 1.165) is 18.2 Å². The number of phenols is 1. The van der Waals surface area contributed by atoms with E-state index in [-0.39, 0.29) is 28.3 Å². The van der Waals surface area contributed by atoms with Gasteiger partial charge in [-0.05, 0) is 49.1 Å². The fraction of sp³-hybridized carbons (Fsp3) is 0.417. The summed E-state index contributed by atoms with van der Waals surface area (Å²) in [7, 11) is 0. The number of aromatic hydroxyl groups is 1. The Morgan fingerprint density at radius 2 is 1.65 bits per heavy atom. The van der Waals surface area contributed by atoms with E-state index >= 15 is 0 Å². The fourth-order valence-electron chi connectivity index (χ4n) is 3.57. The third-order valence-corrected chi connectivity index (χ3v) is 5.33. The van der Waals surface area contributed by atoms with Crippen molar-refractivity contribution in [1.29, 1.82) is 0 Å². The molecular formula is C24H29F3N2O5. The number of aromatic carboxylic acids is 1. The van der Waals surface area contributed by atoms with Crippen LogP contribution in [0.25, 0.3) is 0 Å². The molecule has 7 nitrogen and oxygen atoms in total. The fourth-order valence-corrected chi connectivity index (χ4v) is 3.57. The minimum absolute atomic E-state index is 0.0297. The van der Waals surface area contributed by atoms with Crippen molar-refractivity contribution in [3.05, 3.63) is 52.6 Å². The van der Waals surface area contributed by atoms with Crippen LogP contribution < -0.4 is 9.64 Å². The van der Waals surface area contributed by atoms with Crippen molar-refractivity contribution >= 4 is 17.4 Å². The van der Waals surface area contributed by atoms with Gasteiger partial charge in [0.05, 0.1) is 11.3 Å². The number of carboxylic acid groups (broad SMARTS) is 1. The van der Waals surface area contributed by atoms with E-state index in [1.165, 1.54) is 6.07 Å². The molecule has 0 aliphatic rings. The second-order valence-electron chi connectivity index (χ2n) is 8.66. The largest absolute Gasteiger partial charge is 0.507 e. The number of halogens is 3. The first-order valence-electron chi connectivity index (χ1n) is 10.7. The first-order valence-corrected chi connectivity index (χ1v) is 10.7. The number of rotatable bonds is 8. The Labute approximate surface area is 196 Å². The van der Waals surface area contributed by atoms with Gasteiger partial charge in [-0.3, -0.25) is 0 Å². The molecule has 3 N–H and O–H groups in total. The van der Waals surface area contributed by atoms with Crippen LogP contribution in [0.4, 0.5) is 18.9 Å². The zero-order valence-corrected chi connectivity index (χ0v) is 19.7. The number of carbonyl (C=O) groups is 1. The zero-order valence-electron chi connectivity index (χ0n) is 19.7. The van der Waals surface area contributed by atoms with E-state index in [1.807, 2.05) is 0 Å². The van der Waals surface area contributed by atoms with E-state index in [9.17, 15) is 28.3 Å². The SMILES string of the molecule is CCN(CC)c1c(C(C)(C)C)cc(C(COc2ccc(C(=O)O)c(O)c2)=NO)cc1C(F)(F)F. The van der Waals surface area contributed by atoms with Gasteiger partial charge in [-0.15, -0.1) is 0 Å². The molecule has 2 rings (SSSR count). The smallest absolute Gasteiger partial charge is 0.418 e. The molecule has 0 atom stereocenters. The molecular weight excluding hydrogens is 453 g/mol. The second-order valence-corrected chi connectivity index (χ2v) is 8.66. The summed E-state index contributed by atoms with van der Waals surface area (Å²) < 4.78 is 47.9. The molecule has 0 heterocycles. The summed E-state index contributed by atoms with van der Waals surface area (Å²) in [4.78, 5) is 12.7. The van der Waals surface area contributed by atoms with Crippen LogP contribution >= 0.6 is 0 Å². The summed E-state index contributed by atoms with van der Waals surface area (Å²) >= 11 is 0. The minimum atomic E-state index is -4.66. The Kier molecular flexibility index (Phi) is 8.07. The molecule has 0 aliphatic carbocycles. The van der Waals surface area contributed by atoms with Gasteiger partial charge in [0.2, 0.25) is 0 Å². The van der Waals surface area contributed by atoms with E-state index < -0.39 is 35.5 Å². The molecule has 0 unspecified atom stereocenters. The third-order valence-electron chi connectivity index (χ3n) is 5.33. The summed E-state index contributed by atoms with van der Waals surface area (Å²) in [6, 6.07) is 5.97. The van der Waals surface area contributed by atoms with E-state index in [0.29, 0.717) is 18.7 Å². The lowest BCUT2D eigenvalue weighted by Crippen LogP contribution is -2.30. The number of carboxylic acids is 1. The predicted octanol–water partition coefficient (Wildman–Crippen LogP) is 5.51. The van der Waals surface area contributed by atoms with E-state index in [2.05, 4.69) is 5.16 Å². The van der Waals surface area contributed by atoms with Crippen LogP contribution in [0, 0.1) is 0 Å². The van der Waals surface area contributed by atoms with E-state index in [4.69, 9.17) is 9.84 Å². The Bertz CT molecular complexity index is 1040. The number of hydrogen-bond donors (Lipinski definition) is 3. The monoisotopic (exact) mass is 482 g/mol. The topological polar surface area (TPSA) is 103 Å². The molecule has 0 spiro atoms. The van der Waals surface area contributed by atoms with Gasteiger partial charge in [0, 0.05) is 24.7 Å². The number of ether oxygens (including phenoxy) is 1. The maximum absolute atomic E-state index is 14.2. The predicted molar refractivity (Wildman–Crippen MR) is 123 cm³/mol. The molecule has 0 aromatic heterocycles. The molecule has 0 radical (unpaired) electrons. The van der Waals surface area contributed by atoms with Gasteiger partial charge in [-0.1, -0.05) is 25.9 Å². The average molecular weight is 482 g/mol. The van der Waals surface area contributed by atoms with Gasteiger partial charge in [0.15, 0.2) is 0 Å². The quantitative estimate of drug-likeness (QED) is 0.261. The van der Waals surface area contributed by atoms with Crippen LogP contribution in [-0.2, 0) is 11.6 Å². The summed E-state index contributed by atoms with van der Waals surface area (Å²) in [5.74, 6) is -1.81. The van der Waals surface area contributed by atoms with Crippen molar-refractivity contribution in [3.8, 4) is 11.5 Å². The summed E-state index contributed by atoms with van der Waals surface area (Å²) in [5, 5.41) is 31.5. The number of hydrogen-bond acceptors (Lipinski definition) is 6. The lowest BCUT2D eigenvalue weighted by atomic mass is 9.82. The van der Waals surface area contributed by atoms with Crippen LogP contribution in [0.5, 0.6) is 11.5 Å². The molecule has 2 aromatic rings. The third kappa shape index (κ3) is 5.92. The van der Waals surface area contributed by atoms with Gasteiger partial charge < -0.3 is 25.1 Å². The minimum Gasteiger partial charge on any atom is -0.507 e. The molecule has 34 heavy (non-hydrogen) atoms. The van der Waals surface area contributed by atoms with Crippen LogP contribution in [0.3, 0.4) is 0 Å². The van der Waals surface area contributed by atoms with Crippen molar-refractivity contribution in [2.75, 3.05) is 24.6 Å². The van der Waals surface area contributed by atoms with Crippen molar-refractivity contribution < 1.29 is 38.1 Å². The normalized spacial score (nSPS) is 12.5. The summed E-state index contributed by atoms with van der Waals surface area (Å²) in [5.41, 5.74) is -1.45. The first kappa shape index (κ1) is 26.8. The van der Waals surface area contributed by atoms with Gasteiger partial charge >= 0.3 is 12.1 Å². The summed E-state index contributed by atoms with van der Waals surface area (Å²) in [6.07, 6.45) is -4.66. The maximum Gasteiger partial charge on any atom is 0.418 e. The molecule has 10 heteroatoms. The van der Waals surface area contributed by atoms with Crippen molar-refractivity contribution in [2.24, 2.45) is 5.16 Å². The zero-order chi connectivity index (χ0) is 25.8. The molecule has 2 aromatic carbocycles. The highest BCUT2D eigenvalue weighted by molar-refractivity contribution is 6.02. The lowest BCUT2D eigenvalue weighted by Gasteiger charge is -2.33. The van der Waals surface area contributed by atoms with Gasteiger partial charge in [0.25, 0.3) is 0 Å². The molecule has 0 saturated carbocycles. The highest BCUT2D eigenvalue weighted by atomic mass is 19.4. The Morgan fingerprint density at radius 1 is 1.06 bits per heavy atom. The van der Waals surface area contributed by atoms with Crippen LogP contribution in [-0.4, -0.2) is 46.8 Å². The molecule has 0 aliphatic heterocycles. The standard InChI is InChI=1S/C24H29F3N2O5/c1-6-29(7-2)21-17(23(3,4)5)10-14(11-18(21)24(25,26)27)19(28-33)13-34-15-8-9-16(22(31)32)20(30)12-15/h8-12,30,33H,6-7,13H2,1-5H3,(H,31,32). The molecule has 0 saturated heterocycles. The Morgan fingerprint density at radius 3 is 2.09 bits per heavy atom. The Hall–Kier alpha value is -3.43. The number of anilines is 1. The summed E-state index contributed by atoms with van der Waals surface area (Å²) in [6.45, 7) is 9.31. The van der Waals surface area contributed by atoms with E-state index in [1.54, 1.807) is 45.6 Å². The van der Waals surface area contributed by atoms with Crippen LogP contribution in [0.2, 0.25) is 0 Å². The number of nitrogens with zero attached hydrogens (tertiary/aromatic N) is 2. The van der Waals surface area contributed by atoms with Crippen LogP contribution in [0.15, 0.2) is 35.5 Å². The van der Waals surface area contributed by atoms with Crippen molar-refractivity contribution in [3.63, 3.8) is 0 Å². The molecule has 186 valence electrons. The Balaban J connectivity index is 2.56. The van der Waals surface area contributed by atoms with Crippen molar-refractivity contribution in [1.82, 2.24) is 0 Å². The second kappa shape index (κ2) is 10.2. The number of alkyl halides is 3. The first-order chi connectivity index (χ1) is 15.7. The van der Waals surface area contributed by atoms with Gasteiger partial charge in [0.1, 0.15) is 29.4 Å². The highest BCUT2D eigenvalue weighted by Crippen LogP contribution is 2.43. The average Bonchev–Trinajstić information content (AvgIpc) is 2.73. The highest BCUT2D eigenvalue weighted by Gasteiger charge is 2.38. The lowest BCUT2D eigenvalue weighted by molar-refractivity contribution is -0.137. The molecule has 0 bridgehead atoms. The number of benzene rings is 2. The van der Waals surface area contributed by atoms with Gasteiger partial charge in [-0.2, -0.15) is 13.2 Å². The maximum atomic E-state index is 14.2. The molecule has 0 fully saturated rings. The van der Waals surface area contributed by atoms with Crippen LogP contribution in [0.1, 0.15) is 61.7 Å². The van der Waals surface area contributed by atoms with Gasteiger partial charge in [-0.25, -0.2) is 4.79 Å².